The van der Waals surface area contributed by atoms with Gasteiger partial charge < -0.3 is 5.32 Å². The maximum atomic E-state index is 12.1. The molecule has 2 aromatic rings. The minimum atomic E-state index is -3.72. The lowest BCUT2D eigenvalue weighted by Crippen LogP contribution is -2.28. The first kappa shape index (κ1) is 16.5. The SMILES string of the molecule is CC1(C)CC(=O)c2cnc(Nc3ccc(S(N)(=O)=O)cc3)nc2C1. The van der Waals surface area contributed by atoms with Crippen LogP contribution in [0.5, 0.6) is 0 Å². The third kappa shape index (κ3) is 3.44. The molecule has 1 aromatic carbocycles. The van der Waals surface area contributed by atoms with Gasteiger partial charge in [0, 0.05) is 18.3 Å². The van der Waals surface area contributed by atoms with E-state index >= 15 is 0 Å². The van der Waals surface area contributed by atoms with Gasteiger partial charge in [-0.1, -0.05) is 13.8 Å². The summed E-state index contributed by atoms with van der Waals surface area (Å²) < 4.78 is 22.5. The van der Waals surface area contributed by atoms with Crippen LogP contribution in [0.4, 0.5) is 11.6 Å². The molecular formula is C16H18N4O3S. The highest BCUT2D eigenvalue weighted by Gasteiger charge is 2.32. The number of carbonyl (C=O) groups is 1. The Bertz CT molecular complexity index is 905. The van der Waals surface area contributed by atoms with Crippen molar-refractivity contribution < 1.29 is 13.2 Å². The average molecular weight is 346 g/mol. The molecule has 0 fully saturated rings. The maximum absolute atomic E-state index is 12.1. The molecule has 0 saturated heterocycles. The molecule has 0 unspecified atom stereocenters. The second kappa shape index (κ2) is 5.64. The van der Waals surface area contributed by atoms with Crippen LogP contribution < -0.4 is 10.5 Å². The van der Waals surface area contributed by atoms with E-state index in [2.05, 4.69) is 15.3 Å². The zero-order valence-corrected chi connectivity index (χ0v) is 14.2. The van der Waals surface area contributed by atoms with E-state index in [0.29, 0.717) is 30.0 Å². The molecule has 1 aromatic heterocycles. The number of ketones is 1. The number of nitrogens with one attached hydrogen (secondary N) is 1. The molecule has 0 bridgehead atoms. The number of fused-ring (bicyclic) bond motifs is 1. The molecule has 0 radical (unpaired) electrons. The Morgan fingerprint density at radius 3 is 2.46 bits per heavy atom. The molecule has 1 aliphatic carbocycles. The van der Waals surface area contributed by atoms with Crippen LogP contribution in [-0.4, -0.2) is 24.2 Å². The highest BCUT2D eigenvalue weighted by Crippen LogP contribution is 2.33. The summed E-state index contributed by atoms with van der Waals surface area (Å²) in [7, 11) is -3.72. The van der Waals surface area contributed by atoms with E-state index in [1.807, 2.05) is 13.8 Å². The summed E-state index contributed by atoms with van der Waals surface area (Å²) >= 11 is 0. The first-order chi connectivity index (χ1) is 11.1. The van der Waals surface area contributed by atoms with Crippen molar-refractivity contribution in [2.45, 2.75) is 31.6 Å². The molecule has 1 aliphatic rings. The predicted octanol–water partition coefficient (Wildman–Crippen LogP) is 2.02. The highest BCUT2D eigenvalue weighted by molar-refractivity contribution is 7.89. The number of nitrogens with zero attached hydrogens (tertiary/aromatic N) is 2. The summed E-state index contributed by atoms with van der Waals surface area (Å²) in [5, 5.41) is 8.08. The number of primary sulfonamides is 1. The largest absolute Gasteiger partial charge is 0.324 e. The summed E-state index contributed by atoms with van der Waals surface area (Å²) in [6, 6.07) is 5.97. The number of aromatic nitrogens is 2. The van der Waals surface area contributed by atoms with Crippen LogP contribution in [0, 0.1) is 5.41 Å². The van der Waals surface area contributed by atoms with Gasteiger partial charge in [-0.05, 0) is 36.1 Å². The fourth-order valence-corrected chi connectivity index (χ4v) is 3.26. The van der Waals surface area contributed by atoms with Gasteiger partial charge in [-0.3, -0.25) is 4.79 Å². The Labute approximate surface area is 140 Å². The molecule has 24 heavy (non-hydrogen) atoms. The molecule has 3 rings (SSSR count). The van der Waals surface area contributed by atoms with E-state index in [4.69, 9.17) is 5.14 Å². The number of sulfonamides is 1. The highest BCUT2D eigenvalue weighted by atomic mass is 32.2. The van der Waals surface area contributed by atoms with Gasteiger partial charge in [-0.15, -0.1) is 0 Å². The number of hydrogen-bond acceptors (Lipinski definition) is 6. The van der Waals surface area contributed by atoms with Crippen molar-refractivity contribution >= 4 is 27.4 Å². The van der Waals surface area contributed by atoms with Crippen molar-refractivity contribution in [1.82, 2.24) is 9.97 Å². The number of rotatable bonds is 3. The second-order valence-electron chi connectivity index (χ2n) is 6.69. The normalized spacial score (nSPS) is 16.5. The zero-order valence-electron chi connectivity index (χ0n) is 13.4. The molecule has 3 N–H and O–H groups in total. The number of benzene rings is 1. The van der Waals surface area contributed by atoms with E-state index in [-0.39, 0.29) is 16.1 Å². The minimum Gasteiger partial charge on any atom is -0.324 e. The van der Waals surface area contributed by atoms with E-state index in [0.717, 1.165) is 5.69 Å². The lowest BCUT2D eigenvalue weighted by molar-refractivity contribution is 0.0910. The third-order valence-electron chi connectivity index (χ3n) is 3.89. The number of carbonyl (C=O) groups excluding carboxylic acids is 1. The van der Waals surface area contributed by atoms with Crippen LogP contribution in [0.25, 0.3) is 0 Å². The summed E-state index contributed by atoms with van der Waals surface area (Å²) in [5.74, 6) is 0.424. The van der Waals surface area contributed by atoms with Gasteiger partial charge in [-0.2, -0.15) is 0 Å². The number of nitrogens with two attached hydrogens (primary N) is 1. The van der Waals surface area contributed by atoms with Gasteiger partial charge in [0.1, 0.15) is 0 Å². The van der Waals surface area contributed by atoms with Gasteiger partial charge in [0.05, 0.1) is 16.2 Å². The molecule has 0 saturated carbocycles. The van der Waals surface area contributed by atoms with Crippen LogP contribution >= 0.6 is 0 Å². The van der Waals surface area contributed by atoms with E-state index in [1.165, 1.54) is 12.1 Å². The molecule has 0 atom stereocenters. The molecule has 7 nitrogen and oxygen atoms in total. The van der Waals surface area contributed by atoms with Gasteiger partial charge in [0.25, 0.3) is 0 Å². The fourth-order valence-electron chi connectivity index (χ4n) is 2.75. The summed E-state index contributed by atoms with van der Waals surface area (Å²) in [5.41, 5.74) is 1.82. The molecule has 8 heteroatoms. The quantitative estimate of drug-likeness (QED) is 0.878. The number of hydrogen-bond donors (Lipinski definition) is 2. The van der Waals surface area contributed by atoms with Crippen LogP contribution in [0.2, 0.25) is 0 Å². The van der Waals surface area contributed by atoms with E-state index in [9.17, 15) is 13.2 Å². The summed E-state index contributed by atoms with van der Waals surface area (Å²) in [6.45, 7) is 4.07. The Kier molecular flexibility index (Phi) is 3.89. The molecule has 126 valence electrons. The topological polar surface area (TPSA) is 115 Å². The van der Waals surface area contributed by atoms with Crippen molar-refractivity contribution in [2.75, 3.05) is 5.32 Å². The monoisotopic (exact) mass is 346 g/mol. The Hall–Kier alpha value is -2.32. The van der Waals surface area contributed by atoms with Crippen LogP contribution in [0.3, 0.4) is 0 Å². The molecule has 0 spiro atoms. The van der Waals surface area contributed by atoms with Crippen LogP contribution in [0.1, 0.15) is 36.3 Å². The van der Waals surface area contributed by atoms with Crippen LogP contribution in [-0.2, 0) is 16.4 Å². The Morgan fingerprint density at radius 2 is 1.83 bits per heavy atom. The van der Waals surface area contributed by atoms with Gasteiger partial charge in [0.2, 0.25) is 16.0 Å². The third-order valence-corrected chi connectivity index (χ3v) is 4.82. The van der Waals surface area contributed by atoms with Crippen molar-refractivity contribution in [1.29, 1.82) is 0 Å². The van der Waals surface area contributed by atoms with Crippen molar-refractivity contribution in [3.05, 3.63) is 41.7 Å². The predicted molar refractivity (Wildman–Crippen MR) is 89.6 cm³/mol. The zero-order chi connectivity index (χ0) is 17.5. The Morgan fingerprint density at radius 1 is 1.17 bits per heavy atom. The van der Waals surface area contributed by atoms with Gasteiger partial charge in [0.15, 0.2) is 5.78 Å². The van der Waals surface area contributed by atoms with E-state index < -0.39 is 10.0 Å². The average Bonchev–Trinajstić information content (AvgIpc) is 2.45. The molecule has 1 heterocycles. The molecular weight excluding hydrogens is 328 g/mol. The smallest absolute Gasteiger partial charge is 0.238 e. The standard InChI is InChI=1S/C16H18N4O3S/c1-16(2)7-13-12(14(21)8-16)9-18-15(20-13)19-10-3-5-11(6-4-10)24(17,22)23/h3-6,9H,7-8H2,1-2H3,(H2,17,22,23)(H,18,19,20). The van der Waals surface area contributed by atoms with Crippen molar-refractivity contribution in [3.8, 4) is 0 Å². The van der Waals surface area contributed by atoms with E-state index in [1.54, 1.807) is 18.3 Å². The number of anilines is 2. The molecule has 0 amide bonds. The summed E-state index contributed by atoms with van der Waals surface area (Å²) in [4.78, 5) is 20.8. The van der Waals surface area contributed by atoms with Crippen LogP contribution in [0.15, 0.2) is 35.4 Å². The van der Waals surface area contributed by atoms with Gasteiger partial charge >= 0.3 is 0 Å². The summed E-state index contributed by atoms with van der Waals surface area (Å²) in [6.07, 6.45) is 2.74. The minimum absolute atomic E-state index is 0.0340. The Balaban J connectivity index is 1.86. The fraction of sp³-hybridized carbons (Fsp3) is 0.312. The van der Waals surface area contributed by atoms with Gasteiger partial charge in [-0.25, -0.2) is 23.5 Å². The number of Topliss-reactive ketones (excluding diaryl/α,β-unsaturated/α-hetero) is 1. The first-order valence-corrected chi connectivity index (χ1v) is 8.98. The first-order valence-electron chi connectivity index (χ1n) is 7.43. The van der Waals surface area contributed by atoms with Crippen molar-refractivity contribution in [3.63, 3.8) is 0 Å². The molecule has 0 aliphatic heterocycles. The lowest BCUT2D eigenvalue weighted by atomic mass is 9.76. The van der Waals surface area contributed by atoms with Crippen molar-refractivity contribution in [2.24, 2.45) is 10.6 Å². The maximum Gasteiger partial charge on any atom is 0.238 e. The lowest BCUT2D eigenvalue weighted by Gasteiger charge is -2.29. The second-order valence-corrected chi connectivity index (χ2v) is 8.25.